The number of amides is 1. The van der Waals surface area contributed by atoms with E-state index in [4.69, 9.17) is 14.7 Å². The standard InChI is InChI=1S/C22H24N2O4/c1-3-4-13-28-22(26)24-20(14-21(25)27-2)19-11-9-18(10-12-19)17-7-5-16(15-23)6-8-17/h5-12,20H,3-4,13-14H2,1-2H3,(H,24,26). The van der Waals surface area contributed by atoms with Gasteiger partial charge in [-0.1, -0.05) is 49.7 Å². The average molecular weight is 380 g/mol. The Morgan fingerprint density at radius 2 is 1.68 bits per heavy atom. The third kappa shape index (κ3) is 6.13. The van der Waals surface area contributed by atoms with Crippen LogP contribution in [0, 0.1) is 11.3 Å². The first-order valence-electron chi connectivity index (χ1n) is 9.18. The number of ether oxygens (including phenoxy) is 2. The van der Waals surface area contributed by atoms with Crippen molar-refractivity contribution in [1.29, 1.82) is 5.26 Å². The van der Waals surface area contributed by atoms with Crippen LogP contribution in [-0.2, 0) is 14.3 Å². The highest BCUT2D eigenvalue weighted by molar-refractivity contribution is 5.73. The molecule has 2 rings (SSSR count). The number of rotatable bonds is 8. The molecule has 0 saturated heterocycles. The van der Waals surface area contributed by atoms with Crippen LogP contribution in [0.4, 0.5) is 4.79 Å². The maximum atomic E-state index is 12.0. The fraction of sp³-hybridized carbons (Fsp3) is 0.318. The second-order valence-electron chi connectivity index (χ2n) is 6.28. The van der Waals surface area contributed by atoms with Gasteiger partial charge in [0.25, 0.3) is 0 Å². The molecule has 0 heterocycles. The summed E-state index contributed by atoms with van der Waals surface area (Å²) in [6, 6.07) is 16.4. The van der Waals surface area contributed by atoms with E-state index in [1.54, 1.807) is 12.1 Å². The first kappa shape index (κ1) is 21.0. The number of unbranched alkanes of at least 4 members (excludes halogenated alkanes) is 1. The predicted molar refractivity (Wildman–Crippen MR) is 105 cm³/mol. The largest absolute Gasteiger partial charge is 0.469 e. The molecule has 2 aromatic rings. The fourth-order valence-corrected chi connectivity index (χ4v) is 2.64. The van der Waals surface area contributed by atoms with Gasteiger partial charge in [-0.3, -0.25) is 4.79 Å². The first-order valence-corrected chi connectivity index (χ1v) is 9.18. The van der Waals surface area contributed by atoms with Gasteiger partial charge in [0.1, 0.15) is 0 Å². The van der Waals surface area contributed by atoms with Crippen LogP contribution in [-0.4, -0.2) is 25.8 Å². The zero-order valence-corrected chi connectivity index (χ0v) is 16.1. The van der Waals surface area contributed by atoms with Crippen LogP contribution in [0.5, 0.6) is 0 Å². The molecule has 1 atom stereocenters. The lowest BCUT2D eigenvalue weighted by Crippen LogP contribution is -2.31. The van der Waals surface area contributed by atoms with Crippen LogP contribution >= 0.6 is 0 Å². The molecule has 1 N–H and O–H groups in total. The van der Waals surface area contributed by atoms with E-state index in [-0.39, 0.29) is 6.42 Å². The highest BCUT2D eigenvalue weighted by atomic mass is 16.5. The smallest absolute Gasteiger partial charge is 0.407 e. The zero-order valence-electron chi connectivity index (χ0n) is 16.1. The van der Waals surface area contributed by atoms with Crippen LogP contribution < -0.4 is 5.32 Å². The molecule has 2 aromatic carbocycles. The van der Waals surface area contributed by atoms with E-state index in [9.17, 15) is 9.59 Å². The number of hydrogen-bond acceptors (Lipinski definition) is 5. The SMILES string of the molecule is CCCCOC(=O)NC(CC(=O)OC)c1ccc(-c2ccc(C#N)cc2)cc1. The summed E-state index contributed by atoms with van der Waals surface area (Å²) in [7, 11) is 1.31. The van der Waals surface area contributed by atoms with E-state index in [2.05, 4.69) is 11.4 Å². The van der Waals surface area contributed by atoms with Gasteiger partial charge in [-0.15, -0.1) is 0 Å². The number of nitriles is 1. The summed E-state index contributed by atoms with van der Waals surface area (Å²) in [6.07, 6.45) is 1.16. The summed E-state index contributed by atoms with van der Waals surface area (Å²) < 4.78 is 9.88. The van der Waals surface area contributed by atoms with Crippen molar-refractivity contribution in [3.63, 3.8) is 0 Å². The Bertz CT molecular complexity index is 823. The number of carbonyl (C=O) groups is 2. The molecule has 6 heteroatoms. The Morgan fingerprint density at radius 3 is 2.21 bits per heavy atom. The minimum Gasteiger partial charge on any atom is -0.469 e. The summed E-state index contributed by atoms with van der Waals surface area (Å²) >= 11 is 0. The van der Waals surface area contributed by atoms with Gasteiger partial charge in [-0.25, -0.2) is 4.79 Å². The minimum atomic E-state index is -0.557. The van der Waals surface area contributed by atoms with Crippen molar-refractivity contribution in [1.82, 2.24) is 5.32 Å². The van der Waals surface area contributed by atoms with E-state index in [1.807, 2.05) is 43.3 Å². The van der Waals surface area contributed by atoms with E-state index in [0.717, 1.165) is 29.5 Å². The molecule has 0 radical (unpaired) electrons. The maximum Gasteiger partial charge on any atom is 0.407 e. The number of esters is 1. The summed E-state index contributed by atoms with van der Waals surface area (Å²) in [6.45, 7) is 2.35. The molecule has 0 aliphatic carbocycles. The average Bonchev–Trinajstić information content (AvgIpc) is 2.73. The van der Waals surface area contributed by atoms with Crippen LogP contribution in [0.1, 0.15) is 43.4 Å². The van der Waals surface area contributed by atoms with Gasteiger partial charge in [-0.2, -0.15) is 5.26 Å². The Labute approximate surface area is 165 Å². The van der Waals surface area contributed by atoms with E-state index in [0.29, 0.717) is 12.2 Å². The van der Waals surface area contributed by atoms with Gasteiger partial charge in [-0.05, 0) is 35.2 Å². The van der Waals surface area contributed by atoms with E-state index >= 15 is 0 Å². The number of carbonyl (C=O) groups excluding carboxylic acids is 2. The molecule has 0 saturated carbocycles. The molecule has 0 bridgehead atoms. The van der Waals surface area contributed by atoms with E-state index < -0.39 is 18.1 Å². The summed E-state index contributed by atoms with van der Waals surface area (Å²) in [5.41, 5.74) is 3.32. The lowest BCUT2D eigenvalue weighted by atomic mass is 9.98. The highest BCUT2D eigenvalue weighted by Crippen LogP contribution is 2.24. The van der Waals surface area contributed by atoms with Crippen molar-refractivity contribution in [2.24, 2.45) is 0 Å². The van der Waals surface area contributed by atoms with Gasteiger partial charge < -0.3 is 14.8 Å². The second kappa shape index (κ2) is 10.7. The van der Waals surface area contributed by atoms with Gasteiger partial charge >= 0.3 is 12.1 Å². The molecule has 0 aliphatic rings. The van der Waals surface area contributed by atoms with Gasteiger partial charge in [0, 0.05) is 0 Å². The Kier molecular flexibility index (Phi) is 8.04. The number of alkyl carbamates (subject to hydrolysis) is 1. The highest BCUT2D eigenvalue weighted by Gasteiger charge is 2.19. The molecule has 28 heavy (non-hydrogen) atoms. The van der Waals surface area contributed by atoms with Gasteiger partial charge in [0.05, 0.1) is 37.8 Å². The van der Waals surface area contributed by atoms with Crippen LogP contribution in [0.25, 0.3) is 11.1 Å². The lowest BCUT2D eigenvalue weighted by Gasteiger charge is -2.18. The number of nitrogens with one attached hydrogen (secondary N) is 1. The van der Waals surface area contributed by atoms with Crippen molar-refractivity contribution in [3.05, 3.63) is 59.7 Å². The summed E-state index contributed by atoms with van der Waals surface area (Å²) in [5.74, 6) is -0.421. The maximum absolute atomic E-state index is 12.0. The zero-order chi connectivity index (χ0) is 20.4. The van der Waals surface area contributed by atoms with Gasteiger partial charge in [0.2, 0.25) is 0 Å². The monoisotopic (exact) mass is 380 g/mol. The van der Waals surface area contributed by atoms with Crippen molar-refractivity contribution in [2.45, 2.75) is 32.2 Å². The molecule has 0 aliphatic heterocycles. The molecular weight excluding hydrogens is 356 g/mol. The molecule has 1 amide bonds. The third-order valence-corrected chi connectivity index (χ3v) is 4.28. The second-order valence-corrected chi connectivity index (χ2v) is 6.28. The number of methoxy groups -OCH3 is 1. The van der Waals surface area contributed by atoms with Crippen molar-refractivity contribution < 1.29 is 19.1 Å². The minimum absolute atomic E-state index is 0.00951. The number of benzene rings is 2. The molecule has 1 unspecified atom stereocenters. The lowest BCUT2D eigenvalue weighted by molar-refractivity contribution is -0.141. The Hall–Kier alpha value is -3.33. The number of nitrogens with zero attached hydrogens (tertiary/aromatic N) is 1. The van der Waals surface area contributed by atoms with Crippen LogP contribution in [0.2, 0.25) is 0 Å². The molecule has 0 fully saturated rings. The van der Waals surface area contributed by atoms with Crippen LogP contribution in [0.15, 0.2) is 48.5 Å². The molecule has 6 nitrogen and oxygen atoms in total. The first-order chi connectivity index (χ1) is 13.6. The quantitative estimate of drug-likeness (QED) is 0.543. The molecule has 0 spiro atoms. The normalized spacial score (nSPS) is 11.2. The molecule has 146 valence electrons. The van der Waals surface area contributed by atoms with E-state index in [1.165, 1.54) is 7.11 Å². The van der Waals surface area contributed by atoms with Crippen molar-refractivity contribution >= 4 is 12.1 Å². The van der Waals surface area contributed by atoms with Crippen molar-refractivity contribution in [2.75, 3.05) is 13.7 Å². The number of hydrogen-bond donors (Lipinski definition) is 1. The predicted octanol–water partition coefficient (Wildman–Crippen LogP) is 4.36. The summed E-state index contributed by atoms with van der Waals surface area (Å²) in [4.78, 5) is 23.8. The molecular formula is C22H24N2O4. The topological polar surface area (TPSA) is 88.4 Å². The third-order valence-electron chi connectivity index (χ3n) is 4.28. The Morgan fingerprint density at radius 1 is 1.07 bits per heavy atom. The van der Waals surface area contributed by atoms with Crippen molar-refractivity contribution in [3.8, 4) is 17.2 Å². The van der Waals surface area contributed by atoms with Gasteiger partial charge in [0.15, 0.2) is 0 Å². The fourth-order valence-electron chi connectivity index (χ4n) is 2.64. The summed E-state index contributed by atoms with van der Waals surface area (Å²) in [5, 5.41) is 11.6. The van der Waals surface area contributed by atoms with Crippen LogP contribution in [0.3, 0.4) is 0 Å². The Balaban J connectivity index is 2.14. The molecule has 0 aromatic heterocycles.